The number of rotatable bonds is 3. The first-order valence-electron chi connectivity index (χ1n) is 5.64. The van der Waals surface area contributed by atoms with Gasteiger partial charge in [0.1, 0.15) is 11.4 Å². The molecule has 1 aromatic heterocycles. The van der Waals surface area contributed by atoms with Gasteiger partial charge in [0, 0.05) is 11.8 Å². The third-order valence-corrected chi connectivity index (χ3v) is 2.63. The number of aromatic nitrogens is 1. The maximum Gasteiger partial charge on any atom is 0.416 e. The Balaban J connectivity index is 2.49. The van der Waals surface area contributed by atoms with Crippen molar-refractivity contribution in [2.24, 2.45) is 0 Å². The van der Waals surface area contributed by atoms with Crippen molar-refractivity contribution >= 4 is 5.78 Å². The van der Waals surface area contributed by atoms with Crippen molar-refractivity contribution in [3.8, 4) is 5.75 Å². The standard InChI is InChI=1S/C14H10F3NO2/c1-20-11-7-9(6-10(8-11)14(15,16)17)13(19)12-4-2-3-5-18-12/h2-8H,1H3. The lowest BCUT2D eigenvalue weighted by atomic mass is 10.0. The lowest BCUT2D eigenvalue weighted by Gasteiger charge is -2.11. The van der Waals surface area contributed by atoms with Crippen molar-refractivity contribution in [2.45, 2.75) is 6.18 Å². The molecule has 20 heavy (non-hydrogen) atoms. The minimum absolute atomic E-state index is 0.0286. The van der Waals surface area contributed by atoms with Crippen molar-refractivity contribution < 1.29 is 22.7 Å². The Morgan fingerprint density at radius 2 is 1.95 bits per heavy atom. The van der Waals surface area contributed by atoms with Gasteiger partial charge in [0.25, 0.3) is 0 Å². The zero-order chi connectivity index (χ0) is 14.8. The molecule has 0 aliphatic carbocycles. The first-order chi connectivity index (χ1) is 9.41. The van der Waals surface area contributed by atoms with Gasteiger partial charge >= 0.3 is 6.18 Å². The minimum atomic E-state index is -4.55. The van der Waals surface area contributed by atoms with Gasteiger partial charge in [0.05, 0.1) is 12.7 Å². The number of hydrogen-bond acceptors (Lipinski definition) is 3. The van der Waals surface area contributed by atoms with E-state index in [9.17, 15) is 18.0 Å². The summed E-state index contributed by atoms with van der Waals surface area (Å²) >= 11 is 0. The van der Waals surface area contributed by atoms with E-state index >= 15 is 0 Å². The summed E-state index contributed by atoms with van der Waals surface area (Å²) < 4.78 is 43.1. The first-order valence-corrected chi connectivity index (χ1v) is 5.64. The normalized spacial score (nSPS) is 11.2. The summed E-state index contributed by atoms with van der Waals surface area (Å²) in [4.78, 5) is 15.9. The predicted octanol–water partition coefficient (Wildman–Crippen LogP) is 3.34. The largest absolute Gasteiger partial charge is 0.497 e. The molecule has 0 saturated heterocycles. The van der Waals surface area contributed by atoms with Crippen LogP contribution < -0.4 is 4.74 Å². The number of pyridine rings is 1. The highest BCUT2D eigenvalue weighted by Gasteiger charge is 2.32. The second-order valence-corrected chi connectivity index (χ2v) is 3.99. The summed E-state index contributed by atoms with van der Waals surface area (Å²) in [6.45, 7) is 0. The highest BCUT2D eigenvalue weighted by Crippen LogP contribution is 2.33. The van der Waals surface area contributed by atoms with E-state index in [1.807, 2.05) is 0 Å². The fraction of sp³-hybridized carbons (Fsp3) is 0.143. The molecule has 2 rings (SSSR count). The number of alkyl halides is 3. The van der Waals surface area contributed by atoms with Crippen LogP contribution in [0.15, 0.2) is 42.6 Å². The third kappa shape index (κ3) is 2.96. The van der Waals surface area contributed by atoms with Crippen molar-refractivity contribution in [1.29, 1.82) is 0 Å². The van der Waals surface area contributed by atoms with Gasteiger partial charge in [-0.2, -0.15) is 13.2 Å². The van der Waals surface area contributed by atoms with Crippen LogP contribution in [0.2, 0.25) is 0 Å². The Kier molecular flexibility index (Phi) is 3.74. The molecule has 0 aliphatic rings. The molecule has 1 heterocycles. The fourth-order valence-corrected chi connectivity index (χ4v) is 1.66. The minimum Gasteiger partial charge on any atom is -0.497 e. The van der Waals surface area contributed by atoms with Gasteiger partial charge < -0.3 is 4.74 Å². The van der Waals surface area contributed by atoms with Crippen molar-refractivity contribution in [3.05, 3.63) is 59.4 Å². The Morgan fingerprint density at radius 1 is 1.20 bits per heavy atom. The molecule has 0 radical (unpaired) electrons. The van der Waals surface area contributed by atoms with Crippen LogP contribution in [-0.2, 0) is 6.18 Å². The molecule has 0 amide bonds. The number of ketones is 1. The van der Waals surface area contributed by atoms with Gasteiger partial charge in [-0.15, -0.1) is 0 Å². The number of ether oxygens (including phenoxy) is 1. The lowest BCUT2D eigenvalue weighted by molar-refractivity contribution is -0.137. The van der Waals surface area contributed by atoms with Crippen molar-refractivity contribution in [3.63, 3.8) is 0 Å². The number of hydrogen-bond donors (Lipinski definition) is 0. The SMILES string of the molecule is COc1cc(C(=O)c2ccccn2)cc(C(F)(F)F)c1. The molecule has 1 aromatic carbocycles. The van der Waals surface area contributed by atoms with Crippen LogP contribution in [0.3, 0.4) is 0 Å². The van der Waals surface area contributed by atoms with E-state index in [-0.39, 0.29) is 17.0 Å². The molecule has 0 N–H and O–H groups in total. The average molecular weight is 281 g/mol. The van der Waals surface area contributed by atoms with Crippen LogP contribution in [0, 0.1) is 0 Å². The quantitative estimate of drug-likeness (QED) is 0.810. The Labute approximate surface area is 113 Å². The summed E-state index contributed by atoms with van der Waals surface area (Å²) in [6, 6.07) is 7.53. The molecule has 3 nitrogen and oxygen atoms in total. The molecule has 0 unspecified atom stereocenters. The molecule has 104 valence electrons. The van der Waals surface area contributed by atoms with E-state index < -0.39 is 17.5 Å². The number of methoxy groups -OCH3 is 1. The van der Waals surface area contributed by atoms with E-state index in [4.69, 9.17) is 4.74 Å². The topological polar surface area (TPSA) is 39.2 Å². The smallest absolute Gasteiger partial charge is 0.416 e. The summed E-state index contributed by atoms with van der Waals surface area (Å²) in [5, 5.41) is 0. The number of halogens is 3. The third-order valence-electron chi connectivity index (χ3n) is 2.63. The van der Waals surface area contributed by atoms with Crippen LogP contribution in [0.4, 0.5) is 13.2 Å². The monoisotopic (exact) mass is 281 g/mol. The van der Waals surface area contributed by atoms with Crippen LogP contribution in [0.1, 0.15) is 21.6 Å². The second-order valence-electron chi connectivity index (χ2n) is 3.99. The number of carbonyl (C=O) groups excluding carboxylic acids is 1. The molecular weight excluding hydrogens is 271 g/mol. The summed E-state index contributed by atoms with van der Waals surface area (Å²) in [6.07, 6.45) is -3.15. The molecule has 0 fully saturated rings. The summed E-state index contributed by atoms with van der Waals surface area (Å²) in [5.74, 6) is -0.617. The maximum atomic E-state index is 12.8. The highest BCUT2D eigenvalue weighted by molar-refractivity contribution is 6.08. The zero-order valence-corrected chi connectivity index (χ0v) is 10.4. The van der Waals surface area contributed by atoms with Crippen LogP contribution in [0.5, 0.6) is 5.75 Å². The van der Waals surface area contributed by atoms with Crippen molar-refractivity contribution in [1.82, 2.24) is 4.98 Å². The molecule has 0 bridgehead atoms. The number of carbonyl (C=O) groups is 1. The van der Waals surface area contributed by atoms with Gasteiger partial charge in [0.2, 0.25) is 5.78 Å². The predicted molar refractivity (Wildman–Crippen MR) is 65.7 cm³/mol. The van der Waals surface area contributed by atoms with Crippen molar-refractivity contribution in [2.75, 3.05) is 7.11 Å². The molecule has 0 atom stereocenters. The Morgan fingerprint density at radius 3 is 2.50 bits per heavy atom. The second kappa shape index (κ2) is 5.32. The zero-order valence-electron chi connectivity index (χ0n) is 10.4. The van der Waals surface area contributed by atoms with E-state index in [2.05, 4.69) is 4.98 Å². The van der Waals surface area contributed by atoms with Crippen LogP contribution in [-0.4, -0.2) is 17.9 Å². The molecule has 0 spiro atoms. The highest BCUT2D eigenvalue weighted by atomic mass is 19.4. The fourth-order valence-electron chi connectivity index (χ4n) is 1.66. The van der Waals surface area contributed by atoms with Gasteiger partial charge in [-0.25, -0.2) is 0 Å². The molecule has 6 heteroatoms. The van der Waals surface area contributed by atoms with E-state index in [0.717, 1.165) is 12.1 Å². The summed E-state index contributed by atoms with van der Waals surface area (Å²) in [5.41, 5.74) is -0.972. The van der Waals surface area contributed by atoms with Crippen LogP contribution >= 0.6 is 0 Å². The first kappa shape index (κ1) is 14.0. The number of benzene rings is 1. The van der Waals surface area contributed by atoms with E-state index in [1.54, 1.807) is 12.1 Å². The molecule has 2 aromatic rings. The average Bonchev–Trinajstić information content (AvgIpc) is 2.46. The van der Waals surface area contributed by atoms with Gasteiger partial charge in [-0.1, -0.05) is 6.07 Å². The summed E-state index contributed by atoms with van der Waals surface area (Å²) in [7, 11) is 1.24. The van der Waals surface area contributed by atoms with Gasteiger partial charge in [0.15, 0.2) is 0 Å². The molecule has 0 saturated carbocycles. The van der Waals surface area contributed by atoms with Crippen LogP contribution in [0.25, 0.3) is 0 Å². The van der Waals surface area contributed by atoms with Gasteiger partial charge in [-0.05, 0) is 30.3 Å². The maximum absolute atomic E-state index is 12.8. The van der Waals surface area contributed by atoms with E-state index in [0.29, 0.717) is 0 Å². The van der Waals surface area contributed by atoms with Gasteiger partial charge in [-0.3, -0.25) is 9.78 Å². The number of nitrogens with zero attached hydrogens (tertiary/aromatic N) is 1. The molecule has 0 aliphatic heterocycles. The Bertz CT molecular complexity index is 624. The Hall–Kier alpha value is -2.37. The van der Waals surface area contributed by atoms with E-state index in [1.165, 1.54) is 25.4 Å². The molecular formula is C14H10F3NO2. The lowest BCUT2D eigenvalue weighted by Crippen LogP contribution is -2.09.